The maximum Gasteiger partial charge on any atom is 0.472 e. The number of esters is 4. The minimum atomic E-state index is -4.96. The number of carbonyl (C=O) groups excluding carboxylic acids is 4. The molecule has 0 aliphatic rings. The molecule has 19 heteroatoms. The number of rotatable bonds is 77. The van der Waals surface area contributed by atoms with Crippen molar-refractivity contribution in [2.24, 2.45) is 5.92 Å². The van der Waals surface area contributed by atoms with Gasteiger partial charge in [0.05, 0.1) is 26.4 Å². The molecule has 0 fully saturated rings. The van der Waals surface area contributed by atoms with Gasteiger partial charge in [-0.25, -0.2) is 9.13 Å². The molecule has 0 aromatic rings. The number of phosphoric ester groups is 2. The first-order chi connectivity index (χ1) is 46.5. The average molecular weight is 1410 g/mol. The summed E-state index contributed by atoms with van der Waals surface area (Å²) >= 11 is 0. The molecular formula is C77H150O17P2. The second-order valence-electron chi connectivity index (χ2n) is 28.2. The van der Waals surface area contributed by atoms with Gasteiger partial charge in [-0.3, -0.25) is 37.3 Å². The molecule has 5 atom stereocenters. The summed E-state index contributed by atoms with van der Waals surface area (Å²) in [5.41, 5.74) is 0. The van der Waals surface area contributed by atoms with Crippen LogP contribution in [-0.4, -0.2) is 96.7 Å². The van der Waals surface area contributed by atoms with Crippen molar-refractivity contribution >= 4 is 39.5 Å². The van der Waals surface area contributed by atoms with E-state index in [1.54, 1.807) is 0 Å². The Bertz CT molecular complexity index is 1840. The molecule has 0 bridgehead atoms. The van der Waals surface area contributed by atoms with E-state index in [1.165, 1.54) is 225 Å². The van der Waals surface area contributed by atoms with Gasteiger partial charge < -0.3 is 33.8 Å². The van der Waals surface area contributed by atoms with Gasteiger partial charge in [0.25, 0.3) is 0 Å². The predicted octanol–water partition coefficient (Wildman–Crippen LogP) is 22.9. The molecule has 3 N–H and O–H groups in total. The highest BCUT2D eigenvalue weighted by Gasteiger charge is 2.30. The van der Waals surface area contributed by atoms with E-state index in [9.17, 15) is 43.2 Å². The number of hydrogen-bond acceptors (Lipinski definition) is 15. The van der Waals surface area contributed by atoms with E-state index < -0.39 is 97.5 Å². The summed E-state index contributed by atoms with van der Waals surface area (Å²) in [6.45, 7) is 7.28. The summed E-state index contributed by atoms with van der Waals surface area (Å²) in [6, 6.07) is 0. The largest absolute Gasteiger partial charge is 0.472 e. The van der Waals surface area contributed by atoms with Gasteiger partial charge in [-0.1, -0.05) is 356 Å². The SMILES string of the molecule is CCCCCCCCCCCCCCCCCCCCCCCC(=O)O[C@H](COC(=O)CCCCCCCCCCCCCCCC(C)C)COP(=O)(O)OC[C@@H](O)COP(=O)(O)OC[C@@H](COC(=O)CCCCCCCCCC)OC(=O)CCCCCCCCCCCCC. The van der Waals surface area contributed by atoms with Gasteiger partial charge in [0, 0.05) is 25.7 Å². The van der Waals surface area contributed by atoms with Gasteiger partial charge in [-0.15, -0.1) is 0 Å². The van der Waals surface area contributed by atoms with Crippen LogP contribution in [0.5, 0.6) is 0 Å². The monoisotopic (exact) mass is 1410 g/mol. The summed E-state index contributed by atoms with van der Waals surface area (Å²) in [4.78, 5) is 72.7. The molecule has 0 rings (SSSR count). The first-order valence-corrected chi connectivity index (χ1v) is 43.1. The van der Waals surface area contributed by atoms with Crippen molar-refractivity contribution in [2.75, 3.05) is 39.6 Å². The Morgan fingerprint density at radius 1 is 0.281 bits per heavy atom. The molecule has 17 nitrogen and oxygen atoms in total. The van der Waals surface area contributed by atoms with E-state index in [1.807, 2.05) is 0 Å². The summed E-state index contributed by atoms with van der Waals surface area (Å²) in [5, 5.41) is 10.6. The van der Waals surface area contributed by atoms with Crippen molar-refractivity contribution in [3.05, 3.63) is 0 Å². The molecule has 0 spiro atoms. The lowest BCUT2D eigenvalue weighted by Gasteiger charge is -2.21. The maximum absolute atomic E-state index is 13.1. The molecule has 0 aromatic carbocycles. The molecular weight excluding hydrogens is 1260 g/mol. The molecule has 0 heterocycles. The first-order valence-electron chi connectivity index (χ1n) is 40.1. The van der Waals surface area contributed by atoms with Crippen molar-refractivity contribution < 1.29 is 80.2 Å². The average Bonchev–Trinajstić information content (AvgIpc) is 1.81. The van der Waals surface area contributed by atoms with Gasteiger partial charge in [0.2, 0.25) is 0 Å². The maximum atomic E-state index is 13.1. The summed E-state index contributed by atoms with van der Waals surface area (Å²) in [6.07, 6.45) is 59.8. The predicted molar refractivity (Wildman–Crippen MR) is 391 cm³/mol. The zero-order valence-electron chi connectivity index (χ0n) is 62.5. The highest BCUT2D eigenvalue weighted by molar-refractivity contribution is 7.47. The third-order valence-electron chi connectivity index (χ3n) is 18.0. The van der Waals surface area contributed by atoms with E-state index in [4.69, 9.17) is 37.0 Å². The van der Waals surface area contributed by atoms with Crippen LogP contribution in [0.25, 0.3) is 0 Å². The zero-order valence-corrected chi connectivity index (χ0v) is 64.3. The number of ether oxygens (including phenoxy) is 4. The van der Waals surface area contributed by atoms with Crippen LogP contribution in [0.4, 0.5) is 0 Å². The van der Waals surface area contributed by atoms with Gasteiger partial charge >= 0.3 is 39.5 Å². The van der Waals surface area contributed by atoms with E-state index in [-0.39, 0.29) is 25.7 Å². The molecule has 0 aliphatic carbocycles. The first kappa shape index (κ1) is 94.1. The molecule has 0 amide bonds. The van der Waals surface area contributed by atoms with Gasteiger partial charge in [-0.2, -0.15) is 0 Å². The lowest BCUT2D eigenvalue weighted by molar-refractivity contribution is -0.161. The Labute approximate surface area is 588 Å². The van der Waals surface area contributed by atoms with Crippen molar-refractivity contribution in [2.45, 2.75) is 425 Å². The van der Waals surface area contributed by atoms with E-state index in [2.05, 4.69) is 34.6 Å². The molecule has 2 unspecified atom stereocenters. The number of aliphatic hydroxyl groups excluding tert-OH is 1. The second kappa shape index (κ2) is 70.1. The third-order valence-corrected chi connectivity index (χ3v) is 19.9. The fraction of sp³-hybridized carbons (Fsp3) is 0.948. The van der Waals surface area contributed by atoms with E-state index >= 15 is 0 Å². The lowest BCUT2D eigenvalue weighted by Crippen LogP contribution is -2.30. The van der Waals surface area contributed by atoms with Crippen molar-refractivity contribution in [3.8, 4) is 0 Å². The van der Waals surface area contributed by atoms with Crippen LogP contribution in [0.15, 0.2) is 0 Å². The minimum Gasteiger partial charge on any atom is -0.462 e. The highest BCUT2D eigenvalue weighted by Crippen LogP contribution is 2.45. The topological polar surface area (TPSA) is 237 Å². The fourth-order valence-corrected chi connectivity index (χ4v) is 13.5. The smallest absolute Gasteiger partial charge is 0.462 e. The molecule has 0 radical (unpaired) electrons. The molecule has 0 aliphatic heterocycles. The van der Waals surface area contributed by atoms with Crippen molar-refractivity contribution in [3.63, 3.8) is 0 Å². The van der Waals surface area contributed by atoms with Crippen LogP contribution in [-0.2, 0) is 65.4 Å². The molecule has 0 aromatic heterocycles. The molecule has 96 heavy (non-hydrogen) atoms. The Morgan fingerprint density at radius 3 is 0.708 bits per heavy atom. The third kappa shape index (κ3) is 70.5. The lowest BCUT2D eigenvalue weighted by atomic mass is 10.0. The summed E-state index contributed by atoms with van der Waals surface area (Å²) < 4.78 is 68.5. The summed E-state index contributed by atoms with van der Waals surface area (Å²) in [5.74, 6) is -1.32. The zero-order chi connectivity index (χ0) is 70.5. The van der Waals surface area contributed by atoms with Crippen LogP contribution in [0.2, 0.25) is 0 Å². The second-order valence-corrected chi connectivity index (χ2v) is 31.1. The number of hydrogen-bond donors (Lipinski definition) is 3. The number of aliphatic hydroxyl groups is 1. The molecule has 570 valence electrons. The number of phosphoric acid groups is 2. The standard InChI is InChI=1S/C77H150O17P2/c1-6-9-12-15-18-21-23-24-25-26-27-28-29-30-31-34-39-43-48-53-58-63-77(82)94-73(67-88-75(80)61-56-51-46-41-38-35-32-33-37-40-44-49-54-59-70(4)5)69-92-96(85,86)90-65-71(78)64-89-95(83,84)91-68-72(66-87-74(79)60-55-50-45-20-17-14-11-8-3)93-76(81)62-57-52-47-42-36-22-19-16-13-10-7-2/h70-73,78H,6-69H2,1-5H3,(H,83,84)(H,85,86)/t71-,72+,73+/m0/s1. The van der Waals surface area contributed by atoms with Gasteiger partial charge in [0.15, 0.2) is 12.2 Å². The van der Waals surface area contributed by atoms with Crippen LogP contribution >= 0.6 is 15.6 Å². The molecule has 0 saturated carbocycles. The van der Waals surface area contributed by atoms with E-state index in [0.717, 1.165) is 102 Å². The van der Waals surface area contributed by atoms with Gasteiger partial charge in [-0.05, 0) is 31.6 Å². The Kier molecular flexibility index (Phi) is 68.7. The van der Waals surface area contributed by atoms with Crippen molar-refractivity contribution in [1.82, 2.24) is 0 Å². The van der Waals surface area contributed by atoms with E-state index in [0.29, 0.717) is 25.7 Å². The normalized spacial score (nSPS) is 13.9. The Hall–Kier alpha value is -1.94. The highest BCUT2D eigenvalue weighted by atomic mass is 31.2. The molecule has 0 saturated heterocycles. The Balaban J connectivity index is 5.17. The fourth-order valence-electron chi connectivity index (χ4n) is 11.9. The summed E-state index contributed by atoms with van der Waals surface area (Å²) in [7, 11) is -9.91. The Morgan fingerprint density at radius 2 is 0.479 bits per heavy atom. The van der Waals surface area contributed by atoms with Crippen LogP contribution in [0.1, 0.15) is 407 Å². The quantitative estimate of drug-likeness (QED) is 0.0222. The number of carbonyl (C=O) groups is 4. The van der Waals surface area contributed by atoms with Crippen molar-refractivity contribution in [1.29, 1.82) is 0 Å². The van der Waals surface area contributed by atoms with Gasteiger partial charge in [0.1, 0.15) is 19.3 Å². The minimum absolute atomic E-state index is 0.107. The van der Waals surface area contributed by atoms with Crippen LogP contribution in [0.3, 0.4) is 0 Å². The number of unbranched alkanes of at least 4 members (excludes halogenated alkanes) is 49. The van der Waals surface area contributed by atoms with Crippen LogP contribution < -0.4 is 0 Å². The van der Waals surface area contributed by atoms with Crippen LogP contribution in [0, 0.1) is 5.92 Å².